The number of hydrogen-bond acceptors (Lipinski definition) is 2. The molecule has 0 aromatic heterocycles. The summed E-state index contributed by atoms with van der Waals surface area (Å²) in [7, 11) is 2.11. The number of nitrogens with zero attached hydrogens (tertiary/aromatic N) is 1. The molecule has 3 nitrogen and oxygen atoms in total. The second kappa shape index (κ2) is 8.51. The third-order valence-electron chi connectivity index (χ3n) is 3.51. The van der Waals surface area contributed by atoms with Crippen LogP contribution in [0.3, 0.4) is 0 Å². The SMILES string of the molecule is CCCCCCCCC(=O)N[C@@H]1CCN(C)C1. The molecular formula is C14H28N2O. The van der Waals surface area contributed by atoms with Crippen molar-refractivity contribution in [2.75, 3.05) is 20.1 Å². The van der Waals surface area contributed by atoms with E-state index in [0.29, 0.717) is 12.5 Å². The van der Waals surface area contributed by atoms with Gasteiger partial charge in [0.1, 0.15) is 0 Å². The predicted molar refractivity (Wildman–Crippen MR) is 72.0 cm³/mol. The molecule has 0 aromatic carbocycles. The average molecular weight is 240 g/mol. The lowest BCUT2D eigenvalue weighted by atomic mass is 10.1. The topological polar surface area (TPSA) is 32.3 Å². The van der Waals surface area contributed by atoms with Gasteiger partial charge in [-0.15, -0.1) is 0 Å². The van der Waals surface area contributed by atoms with Gasteiger partial charge in [-0.1, -0.05) is 39.0 Å². The largest absolute Gasteiger partial charge is 0.352 e. The summed E-state index contributed by atoms with van der Waals surface area (Å²) in [6, 6.07) is 0.396. The molecule has 1 saturated heterocycles. The van der Waals surface area contributed by atoms with Crippen LogP contribution < -0.4 is 5.32 Å². The Bertz CT molecular complexity index is 218. The van der Waals surface area contributed by atoms with Gasteiger partial charge in [0.25, 0.3) is 0 Å². The summed E-state index contributed by atoms with van der Waals surface area (Å²) < 4.78 is 0. The van der Waals surface area contributed by atoms with Crippen molar-refractivity contribution in [2.24, 2.45) is 0 Å². The maximum absolute atomic E-state index is 11.7. The van der Waals surface area contributed by atoms with E-state index in [4.69, 9.17) is 0 Å². The summed E-state index contributed by atoms with van der Waals surface area (Å²) in [6.45, 7) is 4.36. The van der Waals surface area contributed by atoms with E-state index in [1.165, 1.54) is 32.1 Å². The molecule has 1 fully saturated rings. The number of nitrogens with one attached hydrogen (secondary N) is 1. The van der Waals surface area contributed by atoms with Gasteiger partial charge < -0.3 is 10.2 Å². The Labute approximate surface area is 106 Å². The first kappa shape index (κ1) is 14.5. The quantitative estimate of drug-likeness (QED) is 0.661. The second-order valence-corrected chi connectivity index (χ2v) is 5.33. The summed E-state index contributed by atoms with van der Waals surface area (Å²) in [6.07, 6.45) is 9.32. The van der Waals surface area contributed by atoms with Crippen LogP contribution in [0.25, 0.3) is 0 Å². The Kier molecular flexibility index (Phi) is 7.25. The van der Waals surface area contributed by atoms with Crippen molar-refractivity contribution in [3.63, 3.8) is 0 Å². The van der Waals surface area contributed by atoms with Gasteiger partial charge in [0, 0.05) is 19.0 Å². The van der Waals surface area contributed by atoms with Crippen molar-refractivity contribution in [2.45, 2.75) is 64.3 Å². The van der Waals surface area contributed by atoms with Crippen molar-refractivity contribution < 1.29 is 4.79 Å². The Morgan fingerprint density at radius 1 is 1.24 bits per heavy atom. The minimum absolute atomic E-state index is 0.251. The minimum Gasteiger partial charge on any atom is -0.352 e. The highest BCUT2D eigenvalue weighted by Crippen LogP contribution is 2.09. The highest BCUT2D eigenvalue weighted by atomic mass is 16.1. The lowest BCUT2D eigenvalue weighted by Crippen LogP contribution is -2.36. The molecule has 17 heavy (non-hydrogen) atoms. The standard InChI is InChI=1S/C14H28N2O/c1-3-4-5-6-7-8-9-14(17)15-13-10-11-16(2)12-13/h13H,3-12H2,1-2H3,(H,15,17)/t13-/m1/s1. The molecule has 1 aliphatic rings. The van der Waals surface area contributed by atoms with E-state index in [1.54, 1.807) is 0 Å². The predicted octanol–water partition coefficient (Wildman–Crippen LogP) is 2.56. The second-order valence-electron chi connectivity index (χ2n) is 5.33. The van der Waals surface area contributed by atoms with Gasteiger partial charge in [-0.2, -0.15) is 0 Å². The number of carbonyl (C=O) groups excluding carboxylic acids is 1. The van der Waals surface area contributed by atoms with E-state index in [1.807, 2.05) is 0 Å². The monoisotopic (exact) mass is 240 g/mol. The van der Waals surface area contributed by atoms with Crippen molar-refractivity contribution >= 4 is 5.91 Å². The first-order chi connectivity index (χ1) is 8.22. The summed E-state index contributed by atoms with van der Waals surface area (Å²) in [5.74, 6) is 0.251. The molecule has 0 aromatic rings. The van der Waals surface area contributed by atoms with Crippen molar-refractivity contribution in [1.29, 1.82) is 0 Å². The molecule has 3 heteroatoms. The molecule has 1 atom stereocenters. The number of unbranched alkanes of at least 4 members (excludes halogenated alkanes) is 5. The number of carbonyl (C=O) groups is 1. The van der Waals surface area contributed by atoms with E-state index >= 15 is 0 Å². The smallest absolute Gasteiger partial charge is 0.220 e. The molecule has 100 valence electrons. The van der Waals surface area contributed by atoms with Crippen molar-refractivity contribution in [1.82, 2.24) is 10.2 Å². The fourth-order valence-electron chi connectivity index (χ4n) is 2.42. The summed E-state index contributed by atoms with van der Waals surface area (Å²) in [5.41, 5.74) is 0. The molecular weight excluding hydrogens is 212 g/mol. The maximum atomic E-state index is 11.7. The van der Waals surface area contributed by atoms with Crippen LogP contribution in [0.5, 0.6) is 0 Å². The Morgan fingerprint density at radius 2 is 1.94 bits per heavy atom. The molecule has 0 radical (unpaired) electrons. The van der Waals surface area contributed by atoms with Gasteiger partial charge in [0.15, 0.2) is 0 Å². The Balaban J connectivity index is 1.94. The molecule has 1 rings (SSSR count). The highest BCUT2D eigenvalue weighted by molar-refractivity contribution is 5.76. The molecule has 0 saturated carbocycles. The maximum Gasteiger partial charge on any atom is 0.220 e. The van der Waals surface area contributed by atoms with Crippen LogP contribution in [-0.4, -0.2) is 37.0 Å². The fraction of sp³-hybridized carbons (Fsp3) is 0.929. The zero-order valence-electron chi connectivity index (χ0n) is 11.5. The van der Waals surface area contributed by atoms with E-state index in [0.717, 1.165) is 25.9 Å². The summed E-state index contributed by atoms with van der Waals surface area (Å²) >= 11 is 0. The van der Waals surface area contributed by atoms with Gasteiger partial charge in [-0.05, 0) is 26.4 Å². The number of amides is 1. The zero-order valence-corrected chi connectivity index (χ0v) is 11.5. The molecule has 0 aliphatic carbocycles. The van der Waals surface area contributed by atoms with Crippen LogP contribution >= 0.6 is 0 Å². The van der Waals surface area contributed by atoms with Gasteiger partial charge in [0.2, 0.25) is 5.91 Å². The summed E-state index contributed by atoms with van der Waals surface area (Å²) in [4.78, 5) is 13.9. The van der Waals surface area contributed by atoms with E-state index in [2.05, 4.69) is 24.2 Å². The molecule has 0 spiro atoms. The first-order valence-electron chi connectivity index (χ1n) is 7.20. The lowest BCUT2D eigenvalue weighted by Gasteiger charge is -2.12. The number of rotatable bonds is 8. The molecule has 1 aliphatic heterocycles. The minimum atomic E-state index is 0.251. The normalized spacial score (nSPS) is 20.7. The number of likely N-dealkylation sites (N-methyl/N-ethyl adjacent to an activating group) is 1. The van der Waals surface area contributed by atoms with Crippen LogP contribution in [0.2, 0.25) is 0 Å². The molecule has 1 N–H and O–H groups in total. The first-order valence-corrected chi connectivity index (χ1v) is 7.20. The van der Waals surface area contributed by atoms with Gasteiger partial charge in [0.05, 0.1) is 0 Å². The highest BCUT2D eigenvalue weighted by Gasteiger charge is 2.20. The van der Waals surface area contributed by atoms with Crippen molar-refractivity contribution in [3.05, 3.63) is 0 Å². The van der Waals surface area contributed by atoms with Crippen LogP contribution in [0.1, 0.15) is 58.3 Å². The molecule has 1 heterocycles. The number of likely N-dealkylation sites (tertiary alicyclic amines) is 1. The summed E-state index contributed by atoms with van der Waals surface area (Å²) in [5, 5.41) is 3.13. The van der Waals surface area contributed by atoms with Gasteiger partial charge in [-0.3, -0.25) is 4.79 Å². The van der Waals surface area contributed by atoms with E-state index in [-0.39, 0.29) is 5.91 Å². The molecule has 0 unspecified atom stereocenters. The van der Waals surface area contributed by atoms with Crippen LogP contribution in [0.4, 0.5) is 0 Å². The van der Waals surface area contributed by atoms with Crippen molar-refractivity contribution in [3.8, 4) is 0 Å². The number of hydrogen-bond donors (Lipinski definition) is 1. The third-order valence-corrected chi connectivity index (χ3v) is 3.51. The molecule has 0 bridgehead atoms. The fourth-order valence-corrected chi connectivity index (χ4v) is 2.42. The van der Waals surface area contributed by atoms with Crippen LogP contribution in [0, 0.1) is 0 Å². The third kappa shape index (κ3) is 6.67. The van der Waals surface area contributed by atoms with E-state index < -0.39 is 0 Å². The van der Waals surface area contributed by atoms with Crippen LogP contribution in [-0.2, 0) is 4.79 Å². The lowest BCUT2D eigenvalue weighted by molar-refractivity contribution is -0.121. The van der Waals surface area contributed by atoms with Crippen LogP contribution in [0.15, 0.2) is 0 Å². The molecule has 1 amide bonds. The van der Waals surface area contributed by atoms with E-state index in [9.17, 15) is 4.79 Å². The average Bonchev–Trinajstić information content (AvgIpc) is 2.69. The van der Waals surface area contributed by atoms with Gasteiger partial charge >= 0.3 is 0 Å². The Hall–Kier alpha value is -0.570. The zero-order chi connectivity index (χ0) is 12.5. The Morgan fingerprint density at radius 3 is 2.59 bits per heavy atom. The van der Waals surface area contributed by atoms with Gasteiger partial charge in [-0.25, -0.2) is 0 Å².